The lowest BCUT2D eigenvalue weighted by atomic mass is 10.1. The van der Waals surface area contributed by atoms with E-state index in [-0.39, 0.29) is 5.56 Å². The summed E-state index contributed by atoms with van der Waals surface area (Å²) >= 11 is 6.18. The van der Waals surface area contributed by atoms with Crippen molar-refractivity contribution in [2.75, 3.05) is 0 Å². The first-order valence-electron chi connectivity index (χ1n) is 6.32. The Hall–Kier alpha value is -2.64. The first kappa shape index (κ1) is 13.3. The molecular weight excluding hydrogens is 286 g/mol. The zero-order chi connectivity index (χ0) is 14.8. The molecule has 0 aliphatic carbocycles. The van der Waals surface area contributed by atoms with Crippen LogP contribution in [0.25, 0.3) is 11.0 Å². The van der Waals surface area contributed by atoms with Crippen LogP contribution in [0.4, 0.5) is 0 Å². The Balaban J connectivity index is 2.12. The monoisotopic (exact) mass is 295 g/mol. The smallest absolute Gasteiger partial charge is 0.269 e. The molecule has 4 nitrogen and oxygen atoms in total. The lowest BCUT2D eigenvalue weighted by Crippen LogP contribution is -2.21. The molecular formula is C16H10ClN3O. The predicted octanol–water partition coefficient (Wildman–Crippen LogP) is 2.97. The van der Waals surface area contributed by atoms with Gasteiger partial charge in [-0.1, -0.05) is 29.8 Å². The molecule has 0 aliphatic heterocycles. The average molecular weight is 296 g/mol. The van der Waals surface area contributed by atoms with Gasteiger partial charge in [-0.25, -0.2) is 4.98 Å². The molecule has 0 aliphatic rings. The Kier molecular flexibility index (Phi) is 3.43. The van der Waals surface area contributed by atoms with E-state index in [9.17, 15) is 4.79 Å². The summed E-state index contributed by atoms with van der Waals surface area (Å²) in [6, 6.07) is 14.5. The van der Waals surface area contributed by atoms with Crippen molar-refractivity contribution >= 4 is 22.6 Å². The molecule has 3 aromatic rings. The summed E-state index contributed by atoms with van der Waals surface area (Å²) in [5.74, 6) is 0. The third-order valence-corrected chi connectivity index (χ3v) is 3.62. The molecule has 0 saturated carbocycles. The molecule has 3 rings (SSSR count). The van der Waals surface area contributed by atoms with Crippen LogP contribution in [0.15, 0.2) is 53.5 Å². The van der Waals surface area contributed by atoms with E-state index in [2.05, 4.69) is 4.98 Å². The molecule has 2 aromatic carbocycles. The molecule has 0 N–H and O–H groups in total. The van der Waals surface area contributed by atoms with Gasteiger partial charge in [-0.2, -0.15) is 5.26 Å². The van der Waals surface area contributed by atoms with E-state index in [1.807, 2.05) is 30.3 Å². The van der Waals surface area contributed by atoms with Crippen LogP contribution in [0.5, 0.6) is 0 Å². The number of rotatable bonds is 2. The molecule has 0 radical (unpaired) electrons. The number of fused-ring (bicyclic) bond motifs is 1. The quantitative estimate of drug-likeness (QED) is 0.730. The molecule has 5 heteroatoms. The van der Waals surface area contributed by atoms with Gasteiger partial charge in [0.05, 0.1) is 35.4 Å². The SMILES string of the molecule is N#Cc1ccc(Cn2c(=O)cnc3ccccc32)c(Cl)c1. The number of benzene rings is 2. The molecule has 0 amide bonds. The molecule has 1 aromatic heterocycles. The van der Waals surface area contributed by atoms with Crippen LogP contribution in [-0.2, 0) is 6.54 Å². The minimum atomic E-state index is -0.186. The Morgan fingerprint density at radius 2 is 2.05 bits per heavy atom. The summed E-state index contributed by atoms with van der Waals surface area (Å²) in [6.45, 7) is 0.340. The zero-order valence-corrected chi connectivity index (χ0v) is 11.7. The van der Waals surface area contributed by atoms with E-state index in [0.717, 1.165) is 16.6 Å². The number of aromatic nitrogens is 2. The van der Waals surface area contributed by atoms with Crippen LogP contribution >= 0.6 is 11.6 Å². The molecule has 0 saturated heterocycles. The van der Waals surface area contributed by atoms with Gasteiger partial charge in [0.25, 0.3) is 5.56 Å². The van der Waals surface area contributed by atoms with Crippen molar-refractivity contribution in [3.8, 4) is 6.07 Å². The lowest BCUT2D eigenvalue weighted by Gasteiger charge is -2.10. The van der Waals surface area contributed by atoms with Crippen LogP contribution in [0.2, 0.25) is 5.02 Å². The first-order valence-corrected chi connectivity index (χ1v) is 6.70. The van der Waals surface area contributed by atoms with Crippen molar-refractivity contribution in [3.63, 3.8) is 0 Å². The van der Waals surface area contributed by atoms with E-state index in [4.69, 9.17) is 16.9 Å². The lowest BCUT2D eigenvalue weighted by molar-refractivity contribution is 0.787. The van der Waals surface area contributed by atoms with E-state index < -0.39 is 0 Å². The number of nitrogens with zero attached hydrogens (tertiary/aromatic N) is 3. The highest BCUT2D eigenvalue weighted by Gasteiger charge is 2.07. The fourth-order valence-electron chi connectivity index (χ4n) is 2.19. The average Bonchev–Trinajstić information content (AvgIpc) is 2.51. The molecule has 1 heterocycles. The molecule has 21 heavy (non-hydrogen) atoms. The van der Waals surface area contributed by atoms with Crippen molar-refractivity contribution in [2.24, 2.45) is 0 Å². The highest BCUT2D eigenvalue weighted by atomic mass is 35.5. The number of nitriles is 1. The van der Waals surface area contributed by atoms with Gasteiger partial charge >= 0.3 is 0 Å². The van der Waals surface area contributed by atoms with Crippen LogP contribution in [0, 0.1) is 11.3 Å². The standard InChI is InChI=1S/C16H10ClN3O/c17-13-7-11(8-18)5-6-12(13)10-20-15-4-2-1-3-14(15)19-9-16(20)21/h1-7,9H,10H2. The van der Waals surface area contributed by atoms with Crippen molar-refractivity contribution in [3.05, 3.63) is 75.2 Å². The fraction of sp³-hybridized carbons (Fsp3) is 0.0625. The Labute approximate surface area is 125 Å². The van der Waals surface area contributed by atoms with Gasteiger partial charge < -0.3 is 4.57 Å². The molecule has 0 unspecified atom stereocenters. The van der Waals surface area contributed by atoms with E-state index >= 15 is 0 Å². The van der Waals surface area contributed by atoms with Gasteiger partial charge in [0.1, 0.15) is 0 Å². The van der Waals surface area contributed by atoms with Crippen LogP contribution in [0.1, 0.15) is 11.1 Å². The van der Waals surface area contributed by atoms with E-state index in [1.54, 1.807) is 22.8 Å². The number of hydrogen-bond acceptors (Lipinski definition) is 3. The highest BCUT2D eigenvalue weighted by Crippen LogP contribution is 2.19. The van der Waals surface area contributed by atoms with Crippen molar-refractivity contribution < 1.29 is 0 Å². The summed E-state index contributed by atoms with van der Waals surface area (Å²) in [4.78, 5) is 16.2. The summed E-state index contributed by atoms with van der Waals surface area (Å²) in [5.41, 5.74) is 2.60. The van der Waals surface area contributed by atoms with Crippen molar-refractivity contribution in [1.82, 2.24) is 9.55 Å². The summed E-state index contributed by atoms with van der Waals surface area (Å²) in [7, 11) is 0. The normalized spacial score (nSPS) is 10.5. The Morgan fingerprint density at radius 3 is 2.81 bits per heavy atom. The second-order valence-electron chi connectivity index (χ2n) is 4.59. The second kappa shape index (κ2) is 5.39. The summed E-state index contributed by atoms with van der Waals surface area (Å²) in [6.07, 6.45) is 1.31. The van der Waals surface area contributed by atoms with Crippen LogP contribution in [0.3, 0.4) is 0 Å². The van der Waals surface area contributed by atoms with Gasteiger partial charge in [-0.05, 0) is 29.8 Å². The number of halogens is 1. The minimum absolute atomic E-state index is 0.186. The molecule has 0 spiro atoms. The van der Waals surface area contributed by atoms with Gasteiger partial charge in [0.15, 0.2) is 0 Å². The predicted molar refractivity (Wildman–Crippen MR) is 81.3 cm³/mol. The maximum atomic E-state index is 12.1. The van der Waals surface area contributed by atoms with Gasteiger partial charge in [0.2, 0.25) is 0 Å². The van der Waals surface area contributed by atoms with Gasteiger partial charge in [-0.3, -0.25) is 4.79 Å². The van der Waals surface area contributed by atoms with E-state index in [1.165, 1.54) is 6.20 Å². The maximum Gasteiger partial charge on any atom is 0.269 e. The Bertz CT molecular complexity index is 925. The summed E-state index contributed by atoms with van der Waals surface area (Å²) < 4.78 is 1.62. The fourth-order valence-corrected chi connectivity index (χ4v) is 2.43. The van der Waals surface area contributed by atoms with Gasteiger partial charge in [-0.15, -0.1) is 0 Å². The second-order valence-corrected chi connectivity index (χ2v) is 5.00. The third-order valence-electron chi connectivity index (χ3n) is 3.26. The van der Waals surface area contributed by atoms with Crippen molar-refractivity contribution in [2.45, 2.75) is 6.54 Å². The largest absolute Gasteiger partial charge is 0.301 e. The molecule has 102 valence electrons. The molecule has 0 bridgehead atoms. The highest BCUT2D eigenvalue weighted by molar-refractivity contribution is 6.31. The van der Waals surface area contributed by atoms with Gasteiger partial charge in [0, 0.05) is 5.02 Å². The zero-order valence-electron chi connectivity index (χ0n) is 11.0. The van der Waals surface area contributed by atoms with E-state index in [0.29, 0.717) is 17.1 Å². The number of hydrogen-bond donors (Lipinski definition) is 0. The van der Waals surface area contributed by atoms with Crippen LogP contribution < -0.4 is 5.56 Å². The molecule has 0 atom stereocenters. The topological polar surface area (TPSA) is 58.7 Å². The summed E-state index contributed by atoms with van der Waals surface area (Å²) in [5, 5.41) is 9.33. The number of para-hydroxylation sites is 2. The van der Waals surface area contributed by atoms with Crippen molar-refractivity contribution in [1.29, 1.82) is 5.26 Å². The molecule has 0 fully saturated rings. The maximum absolute atomic E-state index is 12.1. The Morgan fingerprint density at radius 1 is 1.24 bits per heavy atom. The first-order chi connectivity index (χ1) is 10.2. The van der Waals surface area contributed by atoms with Crippen LogP contribution in [-0.4, -0.2) is 9.55 Å². The minimum Gasteiger partial charge on any atom is -0.301 e. The third kappa shape index (κ3) is 2.51.